The zero-order valence-corrected chi connectivity index (χ0v) is 19.1. The number of aryl methyl sites for hydroxylation is 2. The van der Waals surface area contributed by atoms with Gasteiger partial charge < -0.3 is 15.0 Å². The topological polar surface area (TPSA) is 59.4 Å². The van der Waals surface area contributed by atoms with Gasteiger partial charge in [-0.3, -0.25) is 9.36 Å². The van der Waals surface area contributed by atoms with E-state index < -0.39 is 0 Å². The molecule has 166 valence electrons. The largest absolute Gasteiger partial charge is 0.384 e. The third-order valence-electron chi connectivity index (χ3n) is 6.23. The Bertz CT molecular complexity index is 943. The molecule has 1 saturated heterocycles. The number of benzene rings is 1. The number of rotatable bonds is 7. The molecule has 6 nitrogen and oxygen atoms in total. The van der Waals surface area contributed by atoms with Crippen molar-refractivity contribution in [1.82, 2.24) is 14.9 Å². The lowest BCUT2D eigenvalue weighted by Crippen LogP contribution is -2.35. The Labute approximate surface area is 189 Å². The van der Waals surface area contributed by atoms with Crippen molar-refractivity contribution in [2.75, 3.05) is 31.7 Å². The van der Waals surface area contributed by atoms with Crippen molar-refractivity contribution in [3.8, 4) is 0 Å². The molecule has 0 unspecified atom stereocenters. The van der Waals surface area contributed by atoms with Gasteiger partial charge in [0, 0.05) is 56.7 Å². The SMILES string of the molecule is CCc1nc2n(c1C(=O)NCc1ccc(N3CCC(COC)CC3)cc1)C=C(Cl)CC2. The molecule has 31 heavy (non-hydrogen) atoms. The average Bonchev–Trinajstić information content (AvgIpc) is 3.16. The zero-order chi connectivity index (χ0) is 21.8. The van der Waals surface area contributed by atoms with E-state index in [1.807, 2.05) is 17.7 Å². The van der Waals surface area contributed by atoms with Gasteiger partial charge in [-0.1, -0.05) is 30.7 Å². The van der Waals surface area contributed by atoms with Crippen molar-refractivity contribution in [2.24, 2.45) is 5.92 Å². The van der Waals surface area contributed by atoms with E-state index in [-0.39, 0.29) is 5.91 Å². The number of carbonyl (C=O) groups excluding carboxylic acids is 1. The number of hydrogen-bond acceptors (Lipinski definition) is 4. The number of amides is 1. The van der Waals surface area contributed by atoms with E-state index in [2.05, 4.69) is 39.5 Å². The lowest BCUT2D eigenvalue weighted by atomic mass is 9.97. The highest BCUT2D eigenvalue weighted by Gasteiger charge is 2.23. The maximum absolute atomic E-state index is 13.0. The highest BCUT2D eigenvalue weighted by molar-refractivity contribution is 6.31. The predicted molar refractivity (Wildman–Crippen MR) is 124 cm³/mol. The zero-order valence-electron chi connectivity index (χ0n) is 18.4. The molecule has 0 spiro atoms. The molecule has 2 aliphatic heterocycles. The van der Waals surface area contributed by atoms with Gasteiger partial charge in [-0.25, -0.2) is 4.98 Å². The number of imidazole rings is 1. The summed E-state index contributed by atoms with van der Waals surface area (Å²) in [4.78, 5) is 20.0. The Hall–Kier alpha value is -2.31. The number of piperidine rings is 1. The van der Waals surface area contributed by atoms with Crippen LogP contribution in [-0.4, -0.2) is 42.3 Å². The second kappa shape index (κ2) is 9.88. The summed E-state index contributed by atoms with van der Waals surface area (Å²) in [6.45, 7) is 5.48. The summed E-state index contributed by atoms with van der Waals surface area (Å²) < 4.78 is 7.15. The molecular formula is C24H31ClN4O2. The molecule has 0 bridgehead atoms. The van der Waals surface area contributed by atoms with Gasteiger partial charge in [0.05, 0.1) is 5.69 Å². The van der Waals surface area contributed by atoms with E-state index >= 15 is 0 Å². The van der Waals surface area contributed by atoms with E-state index in [1.165, 1.54) is 18.5 Å². The first-order valence-corrected chi connectivity index (χ1v) is 11.5. The molecule has 4 rings (SSSR count). The van der Waals surface area contributed by atoms with Gasteiger partial charge in [-0.05, 0) is 49.3 Å². The van der Waals surface area contributed by atoms with Gasteiger partial charge in [0.2, 0.25) is 0 Å². The highest BCUT2D eigenvalue weighted by Crippen LogP contribution is 2.25. The summed E-state index contributed by atoms with van der Waals surface area (Å²) >= 11 is 6.22. The lowest BCUT2D eigenvalue weighted by molar-refractivity contribution is 0.0943. The summed E-state index contributed by atoms with van der Waals surface area (Å²) in [7, 11) is 1.78. The molecule has 7 heteroatoms. The average molecular weight is 443 g/mol. The molecule has 3 heterocycles. The fourth-order valence-corrected chi connectivity index (χ4v) is 4.65. The van der Waals surface area contributed by atoms with Crippen molar-refractivity contribution in [1.29, 1.82) is 0 Å². The number of aromatic nitrogens is 2. The van der Waals surface area contributed by atoms with Crippen LogP contribution < -0.4 is 10.2 Å². The summed E-state index contributed by atoms with van der Waals surface area (Å²) in [5.41, 5.74) is 3.74. The molecule has 1 amide bonds. The molecule has 0 aliphatic carbocycles. The standard InChI is InChI=1S/C24H31ClN4O2/c1-3-21-23(29-15-19(25)6-9-22(29)27-21)24(30)26-14-17-4-7-20(8-5-17)28-12-10-18(11-13-28)16-31-2/h4-5,7-8,15,18H,3,6,9-14,16H2,1-2H3,(H,26,30). The first-order valence-electron chi connectivity index (χ1n) is 11.2. The number of anilines is 1. The number of carbonyl (C=O) groups is 1. The highest BCUT2D eigenvalue weighted by atomic mass is 35.5. The third-order valence-corrected chi connectivity index (χ3v) is 6.52. The van der Waals surface area contributed by atoms with Crippen LogP contribution in [0.5, 0.6) is 0 Å². The Balaban J connectivity index is 1.37. The monoisotopic (exact) mass is 442 g/mol. The first kappa shape index (κ1) is 21.9. The van der Waals surface area contributed by atoms with Gasteiger partial charge in [0.25, 0.3) is 5.91 Å². The van der Waals surface area contributed by atoms with E-state index in [9.17, 15) is 4.79 Å². The Morgan fingerprint density at radius 1 is 1.23 bits per heavy atom. The number of methoxy groups -OCH3 is 1. The van der Waals surface area contributed by atoms with Gasteiger partial charge in [-0.15, -0.1) is 0 Å². The van der Waals surface area contributed by atoms with Crippen molar-refractivity contribution in [3.05, 3.63) is 52.1 Å². The minimum atomic E-state index is -0.109. The van der Waals surface area contributed by atoms with Gasteiger partial charge >= 0.3 is 0 Å². The molecule has 2 aliphatic rings. The normalized spacial score (nSPS) is 16.7. The number of fused-ring (bicyclic) bond motifs is 1. The fourth-order valence-electron chi connectivity index (χ4n) is 4.45. The van der Waals surface area contributed by atoms with Crippen LogP contribution in [0.2, 0.25) is 0 Å². The number of nitrogens with one attached hydrogen (secondary N) is 1. The molecule has 1 aromatic carbocycles. The molecule has 0 saturated carbocycles. The van der Waals surface area contributed by atoms with Gasteiger partial charge in [0.1, 0.15) is 11.5 Å². The number of allylic oxidation sites excluding steroid dienone is 1. The Kier molecular flexibility index (Phi) is 6.98. The van der Waals surface area contributed by atoms with Crippen LogP contribution in [0.4, 0.5) is 5.69 Å². The van der Waals surface area contributed by atoms with Crippen LogP contribution in [0.1, 0.15) is 53.8 Å². The van der Waals surface area contributed by atoms with Crippen LogP contribution in [0.15, 0.2) is 29.3 Å². The van der Waals surface area contributed by atoms with Crippen LogP contribution in [0.3, 0.4) is 0 Å². The minimum absolute atomic E-state index is 0.109. The molecule has 0 radical (unpaired) electrons. The number of ether oxygens (including phenoxy) is 1. The fraction of sp³-hybridized carbons (Fsp3) is 0.500. The van der Waals surface area contributed by atoms with E-state index in [0.29, 0.717) is 24.6 Å². The summed E-state index contributed by atoms with van der Waals surface area (Å²) in [5.74, 6) is 1.47. The molecule has 2 aromatic rings. The van der Waals surface area contributed by atoms with Gasteiger partial charge in [-0.2, -0.15) is 0 Å². The molecule has 1 aromatic heterocycles. The quantitative estimate of drug-likeness (QED) is 0.697. The first-order chi connectivity index (χ1) is 15.1. The van der Waals surface area contributed by atoms with Crippen LogP contribution in [0, 0.1) is 5.92 Å². The Morgan fingerprint density at radius 2 is 1.97 bits per heavy atom. The van der Waals surface area contributed by atoms with E-state index in [0.717, 1.165) is 54.7 Å². The smallest absolute Gasteiger partial charge is 0.270 e. The van der Waals surface area contributed by atoms with E-state index in [4.69, 9.17) is 16.3 Å². The molecular weight excluding hydrogens is 412 g/mol. The van der Waals surface area contributed by atoms with Crippen LogP contribution in [-0.2, 0) is 24.1 Å². The summed E-state index contributed by atoms with van der Waals surface area (Å²) in [6.07, 6.45) is 6.41. The van der Waals surface area contributed by atoms with Crippen LogP contribution in [0.25, 0.3) is 6.20 Å². The second-order valence-electron chi connectivity index (χ2n) is 8.36. The van der Waals surface area contributed by atoms with Crippen molar-refractivity contribution in [3.63, 3.8) is 0 Å². The summed E-state index contributed by atoms with van der Waals surface area (Å²) in [5, 5.41) is 3.81. The number of hydrogen-bond donors (Lipinski definition) is 1. The predicted octanol–water partition coefficient (Wildman–Crippen LogP) is 4.22. The maximum atomic E-state index is 13.0. The van der Waals surface area contributed by atoms with Crippen molar-refractivity contribution in [2.45, 2.75) is 45.6 Å². The molecule has 1 fully saturated rings. The summed E-state index contributed by atoms with van der Waals surface area (Å²) in [6, 6.07) is 8.50. The van der Waals surface area contributed by atoms with Crippen LogP contribution >= 0.6 is 11.6 Å². The van der Waals surface area contributed by atoms with Gasteiger partial charge in [0.15, 0.2) is 0 Å². The number of nitrogens with zero attached hydrogens (tertiary/aromatic N) is 3. The van der Waals surface area contributed by atoms with E-state index in [1.54, 1.807) is 7.11 Å². The third kappa shape index (κ3) is 4.96. The molecule has 0 atom stereocenters. The van der Waals surface area contributed by atoms with Crippen molar-refractivity contribution < 1.29 is 9.53 Å². The minimum Gasteiger partial charge on any atom is -0.384 e. The van der Waals surface area contributed by atoms with Crippen molar-refractivity contribution >= 4 is 29.4 Å². The second-order valence-corrected chi connectivity index (χ2v) is 8.84. The number of halogens is 1. The molecule has 1 N–H and O–H groups in total. The maximum Gasteiger partial charge on any atom is 0.270 e. The lowest BCUT2D eigenvalue weighted by Gasteiger charge is -2.33. The Morgan fingerprint density at radius 3 is 2.65 bits per heavy atom.